The summed E-state index contributed by atoms with van der Waals surface area (Å²) in [6.07, 6.45) is 2.02. The number of aryl methyl sites for hydroxylation is 1. The van der Waals surface area contributed by atoms with E-state index in [-0.39, 0.29) is 18.4 Å². The number of oxazole rings is 1. The zero-order valence-electron chi connectivity index (χ0n) is 19.7. The van der Waals surface area contributed by atoms with E-state index in [1.54, 1.807) is 55.6 Å². The van der Waals surface area contributed by atoms with Crippen molar-refractivity contribution in [2.75, 3.05) is 17.3 Å². The van der Waals surface area contributed by atoms with Gasteiger partial charge in [-0.05, 0) is 44.2 Å². The van der Waals surface area contributed by atoms with E-state index in [4.69, 9.17) is 4.42 Å². The van der Waals surface area contributed by atoms with Crippen LogP contribution in [0.15, 0.2) is 40.9 Å². The smallest absolute Gasteiger partial charge is 0.268 e. The first-order valence-corrected chi connectivity index (χ1v) is 11.7. The minimum atomic E-state index is -1.04. The van der Waals surface area contributed by atoms with Gasteiger partial charge in [-0.25, -0.2) is 9.97 Å². The molecule has 0 unspecified atom stereocenters. The molecule has 0 fully saturated rings. The van der Waals surface area contributed by atoms with Crippen molar-refractivity contribution in [1.82, 2.24) is 14.5 Å². The van der Waals surface area contributed by atoms with Crippen LogP contribution in [0, 0.1) is 6.92 Å². The molecule has 34 heavy (non-hydrogen) atoms. The van der Waals surface area contributed by atoms with Crippen LogP contribution in [0.5, 0.6) is 0 Å². The van der Waals surface area contributed by atoms with E-state index in [1.807, 2.05) is 25.1 Å². The molecular formula is C24H27N5O4S. The second kappa shape index (κ2) is 9.03. The number of carbonyl (C=O) groups is 2. The largest absolute Gasteiger partial charge is 0.440 e. The first kappa shape index (κ1) is 23.7. The normalized spacial score (nSPS) is 11.7. The van der Waals surface area contributed by atoms with Gasteiger partial charge in [-0.15, -0.1) is 11.3 Å². The number of aliphatic hydroxyl groups is 1. The molecule has 1 aromatic carbocycles. The molecule has 0 saturated heterocycles. The summed E-state index contributed by atoms with van der Waals surface area (Å²) in [5.41, 5.74) is 1.01. The van der Waals surface area contributed by atoms with Gasteiger partial charge in [0.05, 0.1) is 39.1 Å². The average molecular weight is 482 g/mol. The number of carbonyl (C=O) groups excluding carboxylic acids is 2. The van der Waals surface area contributed by atoms with Gasteiger partial charge in [0.2, 0.25) is 11.9 Å². The van der Waals surface area contributed by atoms with Crippen LogP contribution < -0.4 is 10.2 Å². The maximum atomic E-state index is 13.0. The van der Waals surface area contributed by atoms with Crippen LogP contribution in [-0.2, 0) is 11.3 Å². The molecule has 9 nitrogen and oxygen atoms in total. The minimum Gasteiger partial charge on any atom is -0.440 e. The zero-order chi connectivity index (χ0) is 24.6. The number of nitrogens with zero attached hydrogens (tertiary/aromatic N) is 4. The summed E-state index contributed by atoms with van der Waals surface area (Å²) >= 11 is 1.29. The summed E-state index contributed by atoms with van der Waals surface area (Å²) in [5, 5.41) is 13.4. The van der Waals surface area contributed by atoms with E-state index < -0.39 is 5.60 Å². The summed E-state index contributed by atoms with van der Waals surface area (Å²) < 4.78 is 7.32. The van der Waals surface area contributed by atoms with Crippen LogP contribution in [0.2, 0.25) is 0 Å². The Bertz CT molecular complexity index is 1360. The van der Waals surface area contributed by atoms with E-state index in [9.17, 15) is 14.7 Å². The zero-order valence-corrected chi connectivity index (χ0v) is 20.6. The van der Waals surface area contributed by atoms with Crippen molar-refractivity contribution >= 4 is 45.8 Å². The van der Waals surface area contributed by atoms with Crippen LogP contribution in [0.3, 0.4) is 0 Å². The highest BCUT2D eigenvalue weighted by Gasteiger charge is 2.22. The number of thiophene rings is 1. The number of imidazole rings is 1. The fourth-order valence-electron chi connectivity index (χ4n) is 3.58. The van der Waals surface area contributed by atoms with Gasteiger partial charge in [-0.3, -0.25) is 14.9 Å². The van der Waals surface area contributed by atoms with E-state index in [1.165, 1.54) is 11.3 Å². The molecule has 2 amide bonds. The van der Waals surface area contributed by atoms with Crippen molar-refractivity contribution in [2.24, 2.45) is 0 Å². The van der Waals surface area contributed by atoms with Gasteiger partial charge in [0, 0.05) is 26.1 Å². The van der Waals surface area contributed by atoms with Crippen molar-refractivity contribution in [1.29, 1.82) is 0 Å². The molecule has 10 heteroatoms. The lowest BCUT2D eigenvalue weighted by Gasteiger charge is -2.20. The topological polar surface area (TPSA) is 113 Å². The molecule has 0 aliphatic carbocycles. The number of hydrogen-bond acceptors (Lipinski definition) is 7. The van der Waals surface area contributed by atoms with Crippen LogP contribution in [0.25, 0.3) is 21.7 Å². The van der Waals surface area contributed by atoms with Crippen molar-refractivity contribution in [3.05, 3.63) is 47.3 Å². The van der Waals surface area contributed by atoms with Crippen LogP contribution >= 0.6 is 11.3 Å². The second-order valence-corrected chi connectivity index (χ2v) is 9.76. The third-order valence-corrected chi connectivity index (χ3v) is 6.36. The third kappa shape index (κ3) is 4.87. The lowest BCUT2D eigenvalue weighted by atomic mass is 10.1. The molecule has 0 spiro atoms. The molecule has 0 aliphatic heterocycles. The second-order valence-electron chi connectivity index (χ2n) is 8.67. The van der Waals surface area contributed by atoms with Gasteiger partial charge in [0.25, 0.3) is 5.91 Å². The molecule has 0 saturated carbocycles. The number of anilines is 2. The van der Waals surface area contributed by atoms with E-state index >= 15 is 0 Å². The maximum Gasteiger partial charge on any atom is 0.268 e. The lowest BCUT2D eigenvalue weighted by molar-refractivity contribution is -0.118. The Morgan fingerprint density at radius 2 is 2.03 bits per heavy atom. The Morgan fingerprint density at radius 1 is 1.26 bits per heavy atom. The number of amides is 2. The van der Waals surface area contributed by atoms with Crippen molar-refractivity contribution < 1.29 is 19.1 Å². The molecule has 0 aliphatic rings. The number of rotatable bonds is 7. The van der Waals surface area contributed by atoms with Crippen LogP contribution in [0.1, 0.15) is 42.8 Å². The fraction of sp³-hybridized carbons (Fsp3) is 0.333. The van der Waals surface area contributed by atoms with E-state index in [0.29, 0.717) is 40.1 Å². The average Bonchev–Trinajstić information content (AvgIpc) is 3.51. The SMILES string of the molecule is CCC(=O)N(C)c1ccc2c(c1)nc(NC(=O)c1ccc(-c3cnc(C)o3)s1)n2CC(C)(C)O. The highest BCUT2D eigenvalue weighted by atomic mass is 32.1. The predicted octanol–water partition coefficient (Wildman–Crippen LogP) is 4.46. The summed E-state index contributed by atoms with van der Waals surface area (Å²) in [4.78, 5) is 36.7. The number of hydrogen-bond donors (Lipinski definition) is 2. The molecule has 0 bridgehead atoms. The van der Waals surface area contributed by atoms with Gasteiger partial charge in [-0.1, -0.05) is 6.92 Å². The highest BCUT2D eigenvalue weighted by molar-refractivity contribution is 7.17. The molecule has 0 atom stereocenters. The number of nitrogens with one attached hydrogen (secondary N) is 1. The first-order chi connectivity index (χ1) is 16.1. The molecule has 3 aromatic heterocycles. The summed E-state index contributed by atoms with van der Waals surface area (Å²) in [5.74, 6) is 1.14. The van der Waals surface area contributed by atoms with Gasteiger partial charge >= 0.3 is 0 Å². The van der Waals surface area contributed by atoms with Gasteiger partial charge in [0.15, 0.2) is 11.7 Å². The Morgan fingerprint density at radius 3 is 2.68 bits per heavy atom. The summed E-state index contributed by atoms with van der Waals surface area (Å²) in [6.45, 7) is 7.17. The van der Waals surface area contributed by atoms with Crippen molar-refractivity contribution in [2.45, 2.75) is 46.3 Å². The lowest BCUT2D eigenvalue weighted by Crippen LogP contribution is -2.27. The Hall–Kier alpha value is -3.50. The van der Waals surface area contributed by atoms with E-state index in [2.05, 4.69) is 15.3 Å². The molecule has 4 aromatic rings. The van der Waals surface area contributed by atoms with Crippen LogP contribution in [-0.4, -0.2) is 44.1 Å². The van der Waals surface area contributed by atoms with Crippen molar-refractivity contribution in [3.8, 4) is 10.6 Å². The van der Waals surface area contributed by atoms with Crippen molar-refractivity contribution in [3.63, 3.8) is 0 Å². The fourth-order valence-corrected chi connectivity index (χ4v) is 4.43. The number of fused-ring (bicyclic) bond motifs is 1. The molecule has 2 N–H and O–H groups in total. The van der Waals surface area contributed by atoms with E-state index in [0.717, 1.165) is 10.4 Å². The monoisotopic (exact) mass is 481 g/mol. The first-order valence-electron chi connectivity index (χ1n) is 10.9. The maximum absolute atomic E-state index is 13.0. The Balaban J connectivity index is 1.67. The molecular weight excluding hydrogens is 454 g/mol. The van der Waals surface area contributed by atoms with Gasteiger partial charge < -0.3 is 19.0 Å². The summed E-state index contributed by atoms with van der Waals surface area (Å²) in [7, 11) is 1.72. The minimum absolute atomic E-state index is 0.0146. The van der Waals surface area contributed by atoms with Crippen LogP contribution in [0.4, 0.5) is 11.6 Å². The predicted molar refractivity (Wildman–Crippen MR) is 132 cm³/mol. The van der Waals surface area contributed by atoms with Gasteiger partial charge in [0.1, 0.15) is 0 Å². The van der Waals surface area contributed by atoms with Gasteiger partial charge in [-0.2, -0.15) is 0 Å². The highest BCUT2D eigenvalue weighted by Crippen LogP contribution is 2.30. The Kier molecular flexibility index (Phi) is 6.28. The quantitative estimate of drug-likeness (QED) is 0.403. The molecule has 3 heterocycles. The molecule has 4 rings (SSSR count). The third-order valence-electron chi connectivity index (χ3n) is 5.26. The molecule has 178 valence electrons. The standard InChI is InChI=1S/C24H27N5O4S/c1-6-21(30)28(5)15-7-8-17-16(11-15)26-23(29(17)13-24(3,4)32)27-22(31)20-10-9-19(34-20)18-12-25-14(2)33-18/h7-12,32H,6,13H2,1-5H3,(H,26,27,31). The Labute approximate surface area is 201 Å². The molecule has 0 radical (unpaired) electrons. The summed E-state index contributed by atoms with van der Waals surface area (Å²) in [6, 6.07) is 9.00. The number of benzene rings is 1. The number of aromatic nitrogens is 3.